The number of benzene rings is 1. The first-order valence-corrected chi connectivity index (χ1v) is 5.97. The number of rotatable bonds is 5. The van der Waals surface area contributed by atoms with Crippen molar-refractivity contribution in [1.82, 2.24) is 15.5 Å². The van der Waals surface area contributed by atoms with Gasteiger partial charge in [-0.3, -0.25) is 10.1 Å². The summed E-state index contributed by atoms with van der Waals surface area (Å²) in [6.45, 7) is 4.31. The summed E-state index contributed by atoms with van der Waals surface area (Å²) in [7, 11) is 0. The fourth-order valence-electron chi connectivity index (χ4n) is 1.54. The Morgan fingerprint density at radius 1 is 1.40 bits per heavy atom. The van der Waals surface area contributed by atoms with Crippen molar-refractivity contribution in [2.75, 3.05) is 0 Å². The predicted molar refractivity (Wildman–Crippen MR) is 68.3 cm³/mol. The summed E-state index contributed by atoms with van der Waals surface area (Å²) in [6, 6.07) is 3.39. The van der Waals surface area contributed by atoms with Crippen molar-refractivity contribution in [1.29, 1.82) is 0 Å². The van der Waals surface area contributed by atoms with Crippen LogP contribution in [0.4, 0.5) is 10.1 Å². The Morgan fingerprint density at radius 2 is 2.15 bits per heavy atom. The lowest BCUT2D eigenvalue weighted by atomic mass is 10.2. The smallest absolute Gasteiger partial charge is 0.273 e. The van der Waals surface area contributed by atoms with E-state index in [1.807, 2.05) is 13.8 Å². The molecule has 0 amide bonds. The van der Waals surface area contributed by atoms with Gasteiger partial charge >= 0.3 is 0 Å². The molecule has 0 aliphatic heterocycles. The topological polar surface area (TPSA) is 94.1 Å². The zero-order valence-corrected chi connectivity index (χ0v) is 11.0. The summed E-state index contributed by atoms with van der Waals surface area (Å²) >= 11 is 0. The van der Waals surface area contributed by atoms with Gasteiger partial charge in [-0.05, 0) is 6.07 Å². The molecule has 0 saturated heterocycles. The summed E-state index contributed by atoms with van der Waals surface area (Å²) in [5.74, 6) is -0.344. The number of nitrogens with zero attached hydrogens (tertiary/aromatic N) is 3. The predicted octanol–water partition coefficient (Wildman–Crippen LogP) is 2.28. The van der Waals surface area contributed by atoms with Crippen LogP contribution in [0.25, 0.3) is 11.5 Å². The van der Waals surface area contributed by atoms with Crippen LogP contribution in [0.15, 0.2) is 22.6 Å². The zero-order valence-electron chi connectivity index (χ0n) is 11.0. The fourth-order valence-corrected chi connectivity index (χ4v) is 1.54. The Kier molecular flexibility index (Phi) is 4.04. The molecule has 0 atom stereocenters. The summed E-state index contributed by atoms with van der Waals surface area (Å²) in [4.78, 5) is 10.0. The SMILES string of the molecule is CC(C)NCc1nnc(-c2cc(F)cc([N+](=O)[O-])c2)o1. The van der Waals surface area contributed by atoms with Gasteiger partial charge in [-0.25, -0.2) is 4.39 Å². The van der Waals surface area contributed by atoms with Crippen LogP contribution >= 0.6 is 0 Å². The van der Waals surface area contributed by atoms with Crippen molar-refractivity contribution in [3.05, 3.63) is 40.0 Å². The highest BCUT2D eigenvalue weighted by Gasteiger charge is 2.15. The molecule has 0 bridgehead atoms. The molecular weight excluding hydrogens is 267 g/mol. The molecule has 1 N–H and O–H groups in total. The van der Waals surface area contributed by atoms with Crippen molar-refractivity contribution >= 4 is 5.69 Å². The summed E-state index contributed by atoms with van der Waals surface area (Å²) in [5, 5.41) is 21.3. The van der Waals surface area contributed by atoms with Gasteiger partial charge in [0.25, 0.3) is 5.69 Å². The number of hydrogen-bond acceptors (Lipinski definition) is 6. The second kappa shape index (κ2) is 5.74. The van der Waals surface area contributed by atoms with E-state index in [2.05, 4.69) is 15.5 Å². The van der Waals surface area contributed by atoms with Gasteiger partial charge in [0.15, 0.2) is 0 Å². The van der Waals surface area contributed by atoms with E-state index >= 15 is 0 Å². The zero-order chi connectivity index (χ0) is 14.7. The molecule has 106 valence electrons. The quantitative estimate of drug-likeness (QED) is 0.667. The molecule has 1 aromatic carbocycles. The van der Waals surface area contributed by atoms with Gasteiger partial charge in [-0.1, -0.05) is 13.8 Å². The van der Waals surface area contributed by atoms with E-state index in [1.165, 1.54) is 6.07 Å². The van der Waals surface area contributed by atoms with Crippen LogP contribution in [0.5, 0.6) is 0 Å². The van der Waals surface area contributed by atoms with Crippen LogP contribution in [0.1, 0.15) is 19.7 Å². The molecule has 0 fully saturated rings. The minimum atomic E-state index is -0.728. The van der Waals surface area contributed by atoms with Gasteiger partial charge in [0.2, 0.25) is 11.8 Å². The number of nitrogens with one attached hydrogen (secondary N) is 1. The first kappa shape index (κ1) is 14.1. The molecule has 2 aromatic rings. The van der Waals surface area contributed by atoms with Gasteiger partial charge in [0.1, 0.15) is 5.82 Å². The van der Waals surface area contributed by atoms with E-state index in [4.69, 9.17) is 4.42 Å². The standard InChI is InChI=1S/C12H13FN4O3/c1-7(2)14-6-11-15-16-12(20-11)8-3-9(13)5-10(4-8)17(18)19/h3-5,7,14H,6H2,1-2H3. The molecule has 0 radical (unpaired) electrons. The highest BCUT2D eigenvalue weighted by molar-refractivity contribution is 5.57. The molecule has 0 saturated carbocycles. The van der Waals surface area contributed by atoms with Crippen LogP contribution in [0.3, 0.4) is 0 Å². The Labute approximate surface area is 114 Å². The van der Waals surface area contributed by atoms with E-state index in [0.29, 0.717) is 12.4 Å². The molecular formula is C12H13FN4O3. The van der Waals surface area contributed by atoms with Crippen molar-refractivity contribution < 1.29 is 13.7 Å². The van der Waals surface area contributed by atoms with E-state index in [1.54, 1.807) is 0 Å². The van der Waals surface area contributed by atoms with Crippen LogP contribution in [0, 0.1) is 15.9 Å². The van der Waals surface area contributed by atoms with Crippen molar-refractivity contribution in [2.45, 2.75) is 26.4 Å². The third-order valence-electron chi connectivity index (χ3n) is 2.47. The molecule has 7 nitrogen and oxygen atoms in total. The third kappa shape index (κ3) is 3.35. The average Bonchev–Trinajstić information content (AvgIpc) is 2.84. The maximum Gasteiger partial charge on any atom is 0.273 e. The Hall–Kier alpha value is -2.35. The Bertz CT molecular complexity index is 627. The normalized spacial score (nSPS) is 11.0. The first-order chi connectivity index (χ1) is 9.45. The van der Waals surface area contributed by atoms with Crippen LogP contribution in [-0.4, -0.2) is 21.2 Å². The molecule has 8 heteroatoms. The van der Waals surface area contributed by atoms with Crippen LogP contribution in [-0.2, 0) is 6.54 Å². The molecule has 1 heterocycles. The second-order valence-electron chi connectivity index (χ2n) is 4.49. The first-order valence-electron chi connectivity index (χ1n) is 5.97. The van der Waals surface area contributed by atoms with Gasteiger partial charge in [-0.15, -0.1) is 10.2 Å². The van der Waals surface area contributed by atoms with Crippen molar-refractivity contribution in [3.8, 4) is 11.5 Å². The van der Waals surface area contributed by atoms with Crippen LogP contribution < -0.4 is 5.32 Å². The lowest BCUT2D eigenvalue weighted by molar-refractivity contribution is -0.385. The molecule has 0 aliphatic rings. The summed E-state index contributed by atoms with van der Waals surface area (Å²) < 4.78 is 18.7. The fraction of sp³-hybridized carbons (Fsp3) is 0.333. The molecule has 0 aliphatic carbocycles. The van der Waals surface area contributed by atoms with Gasteiger partial charge < -0.3 is 9.73 Å². The van der Waals surface area contributed by atoms with Gasteiger partial charge in [-0.2, -0.15) is 0 Å². The van der Waals surface area contributed by atoms with E-state index in [9.17, 15) is 14.5 Å². The number of nitro benzene ring substituents is 1. The van der Waals surface area contributed by atoms with E-state index < -0.39 is 10.7 Å². The summed E-state index contributed by atoms with van der Waals surface area (Å²) in [5.41, 5.74) is -0.181. The monoisotopic (exact) mass is 280 g/mol. The number of non-ortho nitro benzene ring substituents is 1. The largest absolute Gasteiger partial charge is 0.419 e. The number of halogens is 1. The Balaban J connectivity index is 2.25. The third-order valence-corrected chi connectivity index (χ3v) is 2.47. The minimum absolute atomic E-state index is 0.0492. The Morgan fingerprint density at radius 3 is 2.80 bits per heavy atom. The molecule has 20 heavy (non-hydrogen) atoms. The molecule has 0 unspecified atom stereocenters. The maximum atomic E-state index is 13.3. The van der Waals surface area contributed by atoms with Crippen molar-refractivity contribution in [2.24, 2.45) is 0 Å². The minimum Gasteiger partial charge on any atom is -0.419 e. The average molecular weight is 280 g/mol. The lowest BCUT2D eigenvalue weighted by Gasteiger charge is -2.03. The van der Waals surface area contributed by atoms with E-state index in [0.717, 1.165) is 12.1 Å². The number of aromatic nitrogens is 2. The van der Waals surface area contributed by atoms with Gasteiger partial charge in [0, 0.05) is 17.7 Å². The highest BCUT2D eigenvalue weighted by Crippen LogP contribution is 2.24. The maximum absolute atomic E-state index is 13.3. The molecule has 2 rings (SSSR count). The molecule has 1 aromatic heterocycles. The highest BCUT2D eigenvalue weighted by atomic mass is 19.1. The number of hydrogen-bond donors (Lipinski definition) is 1. The van der Waals surface area contributed by atoms with Crippen LogP contribution in [0.2, 0.25) is 0 Å². The molecule has 0 spiro atoms. The van der Waals surface area contributed by atoms with Crippen molar-refractivity contribution in [3.63, 3.8) is 0 Å². The van der Waals surface area contributed by atoms with Gasteiger partial charge in [0.05, 0.1) is 17.5 Å². The summed E-state index contributed by atoms with van der Waals surface area (Å²) in [6.07, 6.45) is 0. The second-order valence-corrected chi connectivity index (χ2v) is 4.49. The number of nitro groups is 1. The van der Waals surface area contributed by atoms with E-state index in [-0.39, 0.29) is 23.2 Å². The lowest BCUT2D eigenvalue weighted by Crippen LogP contribution is -2.21.